The van der Waals surface area contributed by atoms with Crippen LogP contribution >= 0.6 is 0 Å². The summed E-state index contributed by atoms with van der Waals surface area (Å²) in [6.45, 7) is 0. The van der Waals surface area contributed by atoms with Crippen LogP contribution in [-0.4, -0.2) is 10.8 Å². The number of hydrogen-bond acceptors (Lipinski definition) is 3. The van der Waals surface area contributed by atoms with Crippen LogP contribution in [0.4, 0.5) is 18.9 Å². The first-order valence-electron chi connectivity index (χ1n) is 5.64. The van der Waals surface area contributed by atoms with E-state index < -0.39 is 11.7 Å². The van der Waals surface area contributed by atoms with Crippen LogP contribution in [0.3, 0.4) is 0 Å². The van der Waals surface area contributed by atoms with Gasteiger partial charge in [-0.25, -0.2) is 10.8 Å². The summed E-state index contributed by atoms with van der Waals surface area (Å²) in [4.78, 5) is 7.90. The third-order valence-electron chi connectivity index (χ3n) is 2.47. The molecule has 0 bridgehead atoms. The molecule has 1 heterocycles. The fourth-order valence-electron chi connectivity index (χ4n) is 1.50. The summed E-state index contributed by atoms with van der Waals surface area (Å²) in [6, 6.07) is 11.0. The van der Waals surface area contributed by atoms with Crippen LogP contribution in [0, 0.1) is 0 Å². The van der Waals surface area contributed by atoms with Gasteiger partial charge in [0.2, 0.25) is 0 Å². The number of hydrogen-bond donors (Lipinski definition) is 2. The van der Waals surface area contributed by atoms with E-state index in [1.807, 2.05) is 6.07 Å². The van der Waals surface area contributed by atoms with Gasteiger partial charge >= 0.3 is 6.18 Å². The Labute approximate surface area is 113 Å². The van der Waals surface area contributed by atoms with Crippen molar-refractivity contribution in [2.75, 3.05) is 0 Å². The molecule has 7 heteroatoms. The first-order valence-corrected chi connectivity index (χ1v) is 5.64. The minimum absolute atomic E-state index is 0.185. The summed E-state index contributed by atoms with van der Waals surface area (Å²) >= 11 is 0. The molecule has 4 nitrogen and oxygen atoms in total. The molecule has 0 radical (unpaired) electrons. The Kier molecular flexibility index (Phi) is 3.99. The monoisotopic (exact) mass is 280 g/mol. The number of aromatic nitrogens is 1. The number of pyridine rings is 1. The lowest BCUT2D eigenvalue weighted by Gasteiger charge is -2.08. The number of nitrogens with zero attached hydrogens (tertiary/aromatic N) is 2. The molecule has 2 rings (SSSR count). The maximum atomic E-state index is 12.4. The maximum Gasteiger partial charge on any atom is 0.417 e. The van der Waals surface area contributed by atoms with E-state index in [0.717, 1.165) is 12.3 Å². The summed E-state index contributed by atoms with van der Waals surface area (Å²) in [5, 5.41) is 0. The Bertz CT molecular complexity index is 591. The zero-order valence-electron chi connectivity index (χ0n) is 10.2. The molecule has 0 aliphatic rings. The van der Waals surface area contributed by atoms with Crippen LogP contribution in [-0.2, 0) is 6.18 Å². The Morgan fingerprint density at radius 2 is 1.80 bits per heavy atom. The molecule has 0 aliphatic heterocycles. The lowest BCUT2D eigenvalue weighted by Crippen LogP contribution is -2.31. The number of benzene rings is 1. The molecule has 3 N–H and O–H groups in total. The first kappa shape index (κ1) is 14.0. The molecular formula is C13H11F3N4. The van der Waals surface area contributed by atoms with E-state index >= 15 is 0 Å². The number of halogens is 3. The molecule has 0 unspecified atom stereocenters. The van der Waals surface area contributed by atoms with Crippen LogP contribution in [0.25, 0.3) is 0 Å². The number of hydrazine groups is 1. The Morgan fingerprint density at radius 3 is 2.30 bits per heavy atom. The molecule has 104 valence electrons. The second kappa shape index (κ2) is 5.70. The highest BCUT2D eigenvalue weighted by molar-refractivity contribution is 5.98. The van der Waals surface area contributed by atoms with Gasteiger partial charge in [-0.1, -0.05) is 18.2 Å². The molecule has 20 heavy (non-hydrogen) atoms. The number of nitrogens with two attached hydrogens (primary N) is 1. The number of nitrogens with one attached hydrogen (secondary N) is 1. The standard InChI is InChI=1S/C13H11F3N4/c14-13(15,16)9-6-7-11(18-8-9)12(20-17)19-10-4-2-1-3-5-10/h1-8H,17H2,(H,19,20). The van der Waals surface area contributed by atoms with Crippen LogP contribution in [0.5, 0.6) is 0 Å². The zero-order chi connectivity index (χ0) is 14.6. The van der Waals surface area contributed by atoms with Gasteiger partial charge in [-0.3, -0.25) is 4.98 Å². The molecule has 0 fully saturated rings. The van der Waals surface area contributed by atoms with Crippen LogP contribution in [0.1, 0.15) is 11.3 Å². The van der Waals surface area contributed by atoms with Gasteiger partial charge in [0, 0.05) is 6.20 Å². The molecule has 1 aromatic heterocycles. The predicted molar refractivity (Wildman–Crippen MR) is 69.2 cm³/mol. The highest BCUT2D eigenvalue weighted by Crippen LogP contribution is 2.28. The highest BCUT2D eigenvalue weighted by Gasteiger charge is 2.30. The van der Waals surface area contributed by atoms with Crippen molar-refractivity contribution >= 4 is 11.5 Å². The molecule has 2 aromatic rings. The van der Waals surface area contributed by atoms with E-state index in [-0.39, 0.29) is 11.5 Å². The van der Waals surface area contributed by atoms with Crippen LogP contribution < -0.4 is 11.3 Å². The summed E-state index contributed by atoms with van der Waals surface area (Å²) in [6.07, 6.45) is -3.68. The van der Waals surface area contributed by atoms with E-state index in [9.17, 15) is 13.2 Å². The minimum Gasteiger partial charge on any atom is -0.307 e. The van der Waals surface area contributed by atoms with Crippen molar-refractivity contribution in [1.82, 2.24) is 10.4 Å². The number of amidine groups is 1. The Balaban J connectivity index is 2.31. The molecule has 0 saturated heterocycles. The summed E-state index contributed by atoms with van der Waals surface area (Å²) in [7, 11) is 0. The topological polar surface area (TPSA) is 63.3 Å². The normalized spacial score (nSPS) is 12.3. The summed E-state index contributed by atoms with van der Waals surface area (Å²) in [5.74, 6) is 5.52. The van der Waals surface area contributed by atoms with Gasteiger partial charge < -0.3 is 5.43 Å². The van der Waals surface area contributed by atoms with Crippen molar-refractivity contribution in [3.63, 3.8) is 0 Å². The summed E-state index contributed by atoms with van der Waals surface area (Å²) < 4.78 is 37.3. The van der Waals surface area contributed by atoms with Crippen molar-refractivity contribution in [2.24, 2.45) is 10.8 Å². The van der Waals surface area contributed by atoms with Gasteiger partial charge in [-0.15, -0.1) is 0 Å². The zero-order valence-corrected chi connectivity index (χ0v) is 10.2. The third-order valence-corrected chi connectivity index (χ3v) is 2.47. The van der Waals surface area contributed by atoms with E-state index in [0.29, 0.717) is 5.69 Å². The lowest BCUT2D eigenvalue weighted by molar-refractivity contribution is -0.137. The van der Waals surface area contributed by atoms with Crippen LogP contribution in [0.15, 0.2) is 53.7 Å². The average molecular weight is 280 g/mol. The minimum atomic E-state index is -4.42. The number of aliphatic imine (C=N–C) groups is 1. The highest BCUT2D eigenvalue weighted by atomic mass is 19.4. The number of rotatable bonds is 2. The Morgan fingerprint density at radius 1 is 1.10 bits per heavy atom. The second-order valence-corrected chi connectivity index (χ2v) is 3.87. The molecular weight excluding hydrogens is 269 g/mol. The van der Waals surface area contributed by atoms with Gasteiger partial charge in [0.05, 0.1) is 11.3 Å². The third kappa shape index (κ3) is 3.33. The fourth-order valence-corrected chi connectivity index (χ4v) is 1.50. The Hall–Kier alpha value is -2.41. The first-order chi connectivity index (χ1) is 9.50. The van der Waals surface area contributed by atoms with Crippen LogP contribution in [0.2, 0.25) is 0 Å². The van der Waals surface area contributed by atoms with Gasteiger partial charge in [0.25, 0.3) is 0 Å². The van der Waals surface area contributed by atoms with Crippen molar-refractivity contribution in [2.45, 2.75) is 6.18 Å². The molecule has 1 aromatic carbocycles. The number of alkyl halides is 3. The van der Waals surface area contributed by atoms with Gasteiger partial charge in [-0.05, 0) is 24.3 Å². The quantitative estimate of drug-likeness (QED) is 0.385. The van der Waals surface area contributed by atoms with Gasteiger partial charge in [0.15, 0.2) is 5.84 Å². The second-order valence-electron chi connectivity index (χ2n) is 3.87. The molecule has 0 amide bonds. The molecule has 0 saturated carbocycles. The van der Waals surface area contributed by atoms with Crippen molar-refractivity contribution in [3.8, 4) is 0 Å². The smallest absolute Gasteiger partial charge is 0.307 e. The largest absolute Gasteiger partial charge is 0.417 e. The number of para-hydroxylation sites is 1. The van der Waals surface area contributed by atoms with Crippen molar-refractivity contribution in [3.05, 3.63) is 59.9 Å². The lowest BCUT2D eigenvalue weighted by atomic mass is 10.2. The average Bonchev–Trinajstić information content (AvgIpc) is 2.45. The van der Waals surface area contributed by atoms with E-state index in [2.05, 4.69) is 15.4 Å². The molecule has 0 aliphatic carbocycles. The van der Waals surface area contributed by atoms with Crippen molar-refractivity contribution in [1.29, 1.82) is 0 Å². The SMILES string of the molecule is NNC(=Nc1ccccc1)c1ccc(C(F)(F)F)cn1. The predicted octanol–water partition coefficient (Wildman–Crippen LogP) is 2.64. The maximum absolute atomic E-state index is 12.4. The summed E-state index contributed by atoms with van der Waals surface area (Å²) in [5.41, 5.74) is 2.35. The molecule has 0 atom stereocenters. The van der Waals surface area contributed by atoms with E-state index in [1.54, 1.807) is 24.3 Å². The fraction of sp³-hybridized carbons (Fsp3) is 0.0769. The van der Waals surface area contributed by atoms with Gasteiger partial charge in [0.1, 0.15) is 5.69 Å². The van der Waals surface area contributed by atoms with E-state index in [4.69, 9.17) is 5.84 Å². The van der Waals surface area contributed by atoms with Crippen molar-refractivity contribution < 1.29 is 13.2 Å². The van der Waals surface area contributed by atoms with Gasteiger partial charge in [-0.2, -0.15) is 13.2 Å². The molecule has 0 spiro atoms. The van der Waals surface area contributed by atoms with E-state index in [1.165, 1.54) is 6.07 Å².